The van der Waals surface area contributed by atoms with Crippen molar-refractivity contribution in [3.8, 4) is 0 Å². The zero-order valence-electron chi connectivity index (χ0n) is 7.90. The van der Waals surface area contributed by atoms with Crippen LogP contribution in [0.15, 0.2) is 18.3 Å². The summed E-state index contributed by atoms with van der Waals surface area (Å²) in [5.74, 6) is -1.40. The van der Waals surface area contributed by atoms with Crippen molar-refractivity contribution < 1.29 is 14.3 Å². The minimum atomic E-state index is -0.935. The van der Waals surface area contributed by atoms with Crippen LogP contribution in [0.25, 0.3) is 0 Å². The predicted molar refractivity (Wildman–Crippen MR) is 49.6 cm³/mol. The molecule has 0 saturated heterocycles. The molecule has 0 radical (unpaired) electrons. The Morgan fingerprint density at radius 3 is 2.79 bits per heavy atom. The van der Waals surface area contributed by atoms with E-state index in [9.17, 15) is 9.59 Å². The number of carbonyl (C=O) groups is 2. The number of methoxy groups -OCH3 is 1. The van der Waals surface area contributed by atoms with Gasteiger partial charge in [-0.25, -0.2) is 9.78 Å². The van der Waals surface area contributed by atoms with E-state index in [1.165, 1.54) is 6.20 Å². The molecule has 1 rings (SSSR count). The number of nitrogens with one attached hydrogen (secondary N) is 1. The monoisotopic (exact) mass is 194 g/mol. The molecule has 0 aliphatic heterocycles. The molecule has 0 atom stereocenters. The number of hydrogen-bond donors (Lipinski definition) is 1. The molecule has 1 aromatic heterocycles. The molecule has 0 aromatic carbocycles. The van der Waals surface area contributed by atoms with Gasteiger partial charge >= 0.3 is 11.9 Å². The van der Waals surface area contributed by atoms with Gasteiger partial charge in [-0.1, -0.05) is 6.07 Å². The van der Waals surface area contributed by atoms with E-state index in [-0.39, 0.29) is 0 Å². The number of hydrogen-bond acceptors (Lipinski definition) is 4. The van der Waals surface area contributed by atoms with E-state index in [2.05, 4.69) is 15.0 Å². The largest absolute Gasteiger partial charge is 0.462 e. The Kier molecular flexibility index (Phi) is 3.17. The predicted octanol–water partition coefficient (Wildman–Crippen LogP) is 0.502. The van der Waals surface area contributed by atoms with Crippen molar-refractivity contribution in [2.45, 2.75) is 6.92 Å². The van der Waals surface area contributed by atoms with Gasteiger partial charge in [0.1, 0.15) is 5.82 Å². The van der Waals surface area contributed by atoms with Crippen LogP contribution in [0, 0.1) is 6.92 Å². The van der Waals surface area contributed by atoms with Crippen LogP contribution >= 0.6 is 0 Å². The third kappa shape index (κ3) is 2.29. The number of amides is 1. The maximum Gasteiger partial charge on any atom is 0.396 e. The highest BCUT2D eigenvalue weighted by Gasteiger charge is 2.14. The lowest BCUT2D eigenvalue weighted by atomic mass is 10.3. The number of anilines is 1. The number of pyridine rings is 1. The van der Waals surface area contributed by atoms with Crippen molar-refractivity contribution in [2.75, 3.05) is 12.4 Å². The molecule has 0 saturated carbocycles. The molecule has 1 N–H and O–H groups in total. The van der Waals surface area contributed by atoms with Gasteiger partial charge in [-0.2, -0.15) is 0 Å². The van der Waals surface area contributed by atoms with E-state index >= 15 is 0 Å². The van der Waals surface area contributed by atoms with E-state index in [4.69, 9.17) is 0 Å². The zero-order chi connectivity index (χ0) is 10.6. The summed E-state index contributed by atoms with van der Waals surface area (Å²) in [6.45, 7) is 1.78. The van der Waals surface area contributed by atoms with Crippen molar-refractivity contribution in [3.05, 3.63) is 23.9 Å². The fraction of sp³-hybridized carbons (Fsp3) is 0.222. The van der Waals surface area contributed by atoms with Gasteiger partial charge in [-0.15, -0.1) is 0 Å². The fourth-order valence-electron chi connectivity index (χ4n) is 0.868. The molecule has 1 aromatic rings. The van der Waals surface area contributed by atoms with Crippen LogP contribution in [0.5, 0.6) is 0 Å². The summed E-state index contributed by atoms with van der Waals surface area (Å²) in [4.78, 5) is 25.7. The standard InChI is InChI=1S/C9H10N2O3/c1-6-4-3-5-10-7(6)11-8(12)9(13)14-2/h3-5H,1-2H3,(H,10,11,12). The van der Waals surface area contributed by atoms with Crippen LogP contribution in [-0.4, -0.2) is 24.0 Å². The third-order valence-corrected chi connectivity index (χ3v) is 1.61. The Morgan fingerprint density at radius 2 is 2.21 bits per heavy atom. The summed E-state index contributed by atoms with van der Waals surface area (Å²) in [6, 6.07) is 3.52. The molecule has 0 aliphatic rings. The number of aromatic nitrogens is 1. The average molecular weight is 194 g/mol. The maximum absolute atomic E-state index is 11.1. The lowest BCUT2D eigenvalue weighted by Gasteiger charge is -2.04. The first kappa shape index (κ1) is 10.2. The maximum atomic E-state index is 11.1. The number of carbonyl (C=O) groups excluding carboxylic acids is 2. The van der Waals surface area contributed by atoms with E-state index in [0.29, 0.717) is 5.82 Å². The van der Waals surface area contributed by atoms with E-state index in [1.54, 1.807) is 19.1 Å². The molecule has 0 aliphatic carbocycles. The van der Waals surface area contributed by atoms with Crippen LogP contribution in [0.3, 0.4) is 0 Å². The molecule has 0 fully saturated rings. The lowest BCUT2D eigenvalue weighted by molar-refractivity contribution is -0.150. The average Bonchev–Trinajstić information content (AvgIpc) is 2.20. The molecule has 1 amide bonds. The molecule has 74 valence electrons. The summed E-state index contributed by atoms with van der Waals surface area (Å²) in [7, 11) is 1.15. The molecule has 14 heavy (non-hydrogen) atoms. The Bertz CT molecular complexity index is 363. The van der Waals surface area contributed by atoms with E-state index in [0.717, 1.165) is 12.7 Å². The number of rotatable bonds is 1. The Balaban J connectivity index is 2.75. The van der Waals surface area contributed by atoms with Crippen molar-refractivity contribution in [2.24, 2.45) is 0 Å². The molecular weight excluding hydrogens is 184 g/mol. The molecular formula is C9H10N2O3. The van der Waals surface area contributed by atoms with Gasteiger partial charge in [0.15, 0.2) is 0 Å². The molecule has 5 nitrogen and oxygen atoms in total. The van der Waals surface area contributed by atoms with Crippen molar-refractivity contribution in [1.29, 1.82) is 0 Å². The number of ether oxygens (including phenoxy) is 1. The van der Waals surface area contributed by atoms with Gasteiger partial charge in [-0.05, 0) is 18.6 Å². The Hall–Kier alpha value is -1.91. The smallest absolute Gasteiger partial charge is 0.396 e. The van der Waals surface area contributed by atoms with Gasteiger partial charge in [0, 0.05) is 6.20 Å². The summed E-state index contributed by atoms with van der Waals surface area (Å²) in [6.07, 6.45) is 1.53. The van der Waals surface area contributed by atoms with Crippen LogP contribution in [0.2, 0.25) is 0 Å². The quantitative estimate of drug-likeness (QED) is 0.522. The van der Waals surface area contributed by atoms with Gasteiger partial charge in [0.2, 0.25) is 0 Å². The highest BCUT2D eigenvalue weighted by molar-refractivity contribution is 6.37. The van der Waals surface area contributed by atoms with Crippen LogP contribution in [-0.2, 0) is 14.3 Å². The van der Waals surface area contributed by atoms with E-state index < -0.39 is 11.9 Å². The second-order valence-electron chi connectivity index (χ2n) is 2.61. The molecule has 1 heterocycles. The highest BCUT2D eigenvalue weighted by atomic mass is 16.5. The minimum Gasteiger partial charge on any atom is -0.462 e. The van der Waals surface area contributed by atoms with Gasteiger partial charge in [-0.3, -0.25) is 4.79 Å². The second-order valence-corrected chi connectivity index (χ2v) is 2.61. The number of nitrogens with zero attached hydrogens (tertiary/aromatic N) is 1. The Labute approximate surface area is 81.1 Å². The second kappa shape index (κ2) is 4.36. The van der Waals surface area contributed by atoms with Crippen molar-refractivity contribution in [3.63, 3.8) is 0 Å². The minimum absolute atomic E-state index is 0.364. The lowest BCUT2D eigenvalue weighted by Crippen LogP contribution is -2.24. The first-order valence-corrected chi connectivity index (χ1v) is 3.96. The molecule has 5 heteroatoms. The summed E-state index contributed by atoms with van der Waals surface area (Å²) < 4.78 is 4.25. The summed E-state index contributed by atoms with van der Waals surface area (Å²) in [5, 5.41) is 2.34. The topological polar surface area (TPSA) is 68.3 Å². The number of aryl methyl sites for hydroxylation is 1. The molecule has 0 unspecified atom stereocenters. The van der Waals surface area contributed by atoms with Crippen molar-refractivity contribution >= 4 is 17.7 Å². The van der Waals surface area contributed by atoms with Crippen LogP contribution < -0.4 is 5.32 Å². The Morgan fingerprint density at radius 1 is 1.50 bits per heavy atom. The fourth-order valence-corrected chi connectivity index (χ4v) is 0.868. The third-order valence-electron chi connectivity index (χ3n) is 1.61. The van der Waals surface area contributed by atoms with Gasteiger partial charge in [0.05, 0.1) is 7.11 Å². The molecule has 0 spiro atoms. The van der Waals surface area contributed by atoms with Gasteiger partial charge < -0.3 is 10.1 Å². The van der Waals surface area contributed by atoms with E-state index in [1.807, 2.05) is 0 Å². The normalized spacial score (nSPS) is 9.29. The van der Waals surface area contributed by atoms with Crippen molar-refractivity contribution in [1.82, 2.24) is 4.98 Å². The first-order valence-electron chi connectivity index (χ1n) is 3.96. The first-order chi connectivity index (χ1) is 6.65. The summed E-state index contributed by atoms with van der Waals surface area (Å²) >= 11 is 0. The highest BCUT2D eigenvalue weighted by Crippen LogP contribution is 2.08. The molecule has 0 bridgehead atoms. The van der Waals surface area contributed by atoms with Crippen LogP contribution in [0.1, 0.15) is 5.56 Å². The SMILES string of the molecule is COC(=O)C(=O)Nc1ncccc1C. The van der Waals surface area contributed by atoms with Gasteiger partial charge in [0.25, 0.3) is 0 Å². The summed E-state index contributed by atoms with van der Waals surface area (Å²) in [5.41, 5.74) is 0.782. The van der Waals surface area contributed by atoms with Crippen LogP contribution in [0.4, 0.5) is 5.82 Å². The number of esters is 1. The zero-order valence-corrected chi connectivity index (χ0v) is 7.90.